The molecule has 0 saturated heterocycles. The van der Waals surface area contributed by atoms with Gasteiger partial charge in [-0.25, -0.2) is 14.0 Å². The predicted octanol–water partition coefficient (Wildman–Crippen LogP) is 5.06. The summed E-state index contributed by atoms with van der Waals surface area (Å²) in [5.41, 5.74) is 9.28. The van der Waals surface area contributed by atoms with Crippen LogP contribution in [-0.4, -0.2) is 63.2 Å². The molecular weight excluding hydrogens is 527 g/mol. The lowest BCUT2D eigenvalue weighted by atomic mass is 10.1. The fourth-order valence-corrected chi connectivity index (χ4v) is 3.52. The third kappa shape index (κ3) is 12.6. The number of benzene rings is 3. The number of carbonyl (C=O) groups excluding carboxylic acids is 3. The largest absolute Gasteiger partial charge is 0.492 e. The molecule has 3 rings (SSSR count). The number of ether oxygens (including phenoxy) is 2. The van der Waals surface area contributed by atoms with Crippen LogP contribution < -0.4 is 21.1 Å². The van der Waals surface area contributed by atoms with E-state index in [0.717, 1.165) is 17.4 Å². The van der Waals surface area contributed by atoms with Crippen LogP contribution in [0.15, 0.2) is 72.8 Å². The number of aldehydes is 1. The Balaban J connectivity index is 0.000000287. The number of alkyl halides is 1. The Morgan fingerprint density at radius 2 is 1.51 bits per heavy atom. The molecule has 1 atom stereocenters. The molecule has 0 fully saturated rings. The number of carbonyl (C=O) groups is 3. The summed E-state index contributed by atoms with van der Waals surface area (Å²) in [7, 11) is 3.21. The number of nitrogens with zero attached hydrogens (tertiary/aromatic N) is 1. The first-order valence-electron chi connectivity index (χ1n) is 13.3. The van der Waals surface area contributed by atoms with Crippen LogP contribution in [0.25, 0.3) is 0 Å². The molecule has 0 radical (unpaired) electrons. The first-order valence-corrected chi connectivity index (χ1v) is 13.3. The van der Waals surface area contributed by atoms with Crippen LogP contribution in [0.1, 0.15) is 34.8 Å². The van der Waals surface area contributed by atoms with E-state index in [1.165, 1.54) is 7.11 Å². The van der Waals surface area contributed by atoms with Crippen molar-refractivity contribution in [1.82, 2.24) is 4.90 Å². The number of rotatable bonds is 13. The van der Waals surface area contributed by atoms with Gasteiger partial charge in [0.15, 0.2) is 0 Å². The summed E-state index contributed by atoms with van der Waals surface area (Å²) in [6.45, 7) is 3.85. The number of hydrogen-bond donors (Lipinski definition) is 3. The Morgan fingerprint density at radius 3 is 2.00 bits per heavy atom. The smallest absolute Gasteiger partial charge is 0.337 e. The van der Waals surface area contributed by atoms with Crippen LogP contribution >= 0.6 is 0 Å². The monoisotopic (exact) mass is 566 g/mol. The molecule has 0 spiro atoms. The van der Waals surface area contributed by atoms with Crippen molar-refractivity contribution in [1.29, 1.82) is 0 Å². The first kappa shape index (κ1) is 32.9. The van der Waals surface area contributed by atoms with E-state index in [0.29, 0.717) is 61.8 Å². The van der Waals surface area contributed by atoms with Crippen LogP contribution in [0.2, 0.25) is 0 Å². The van der Waals surface area contributed by atoms with Crippen LogP contribution in [0.3, 0.4) is 0 Å². The molecule has 0 aliphatic heterocycles. The molecule has 0 aromatic heterocycles. The van der Waals surface area contributed by atoms with Crippen LogP contribution in [0, 0.1) is 0 Å². The summed E-state index contributed by atoms with van der Waals surface area (Å²) >= 11 is 0. The zero-order valence-corrected chi connectivity index (χ0v) is 23.8. The summed E-state index contributed by atoms with van der Waals surface area (Å²) in [6.07, 6.45) is 0.958. The number of nitrogens with two attached hydrogens (primary N) is 1. The molecule has 2 amide bonds. The predicted molar refractivity (Wildman–Crippen MR) is 159 cm³/mol. The van der Waals surface area contributed by atoms with Gasteiger partial charge in [0.1, 0.15) is 24.8 Å². The summed E-state index contributed by atoms with van der Waals surface area (Å²) in [5.74, 6) is 0.308. The Bertz CT molecular complexity index is 1200. The number of hydrogen-bond acceptors (Lipinski definition) is 7. The number of methoxy groups -OCH3 is 1. The van der Waals surface area contributed by atoms with Crippen molar-refractivity contribution in [3.63, 3.8) is 0 Å². The van der Waals surface area contributed by atoms with Crippen molar-refractivity contribution in [3.05, 3.63) is 89.5 Å². The molecule has 9 nitrogen and oxygen atoms in total. The highest BCUT2D eigenvalue weighted by Gasteiger charge is 2.08. The quantitative estimate of drug-likeness (QED) is 0.195. The second kappa shape index (κ2) is 18.1. The van der Waals surface area contributed by atoms with Crippen LogP contribution in [0.5, 0.6) is 5.75 Å². The molecule has 10 heteroatoms. The van der Waals surface area contributed by atoms with E-state index in [1.807, 2.05) is 31.0 Å². The van der Waals surface area contributed by atoms with Crippen molar-refractivity contribution < 1.29 is 28.2 Å². The highest BCUT2D eigenvalue weighted by Crippen LogP contribution is 2.14. The molecular formula is C31H39FN4O5. The number of urea groups is 1. The SMILES string of the molecule is CCC(F)CN(C)CCOc1ccc(C(=O)OC)cc1.NCc1ccc(NC(=O)Nc2ccc(CC=O)cc2)cc1. The highest BCUT2D eigenvalue weighted by molar-refractivity contribution is 5.99. The van der Waals surface area contributed by atoms with Gasteiger partial charge >= 0.3 is 12.0 Å². The van der Waals surface area contributed by atoms with Gasteiger partial charge in [-0.05, 0) is 73.1 Å². The van der Waals surface area contributed by atoms with E-state index in [1.54, 1.807) is 60.7 Å². The minimum Gasteiger partial charge on any atom is -0.492 e. The molecule has 0 bridgehead atoms. The Morgan fingerprint density at radius 1 is 0.951 bits per heavy atom. The molecule has 0 saturated carbocycles. The van der Waals surface area contributed by atoms with Gasteiger partial charge in [-0.2, -0.15) is 0 Å². The summed E-state index contributed by atoms with van der Waals surface area (Å²) in [5, 5.41) is 5.46. The Labute approximate surface area is 240 Å². The normalized spacial score (nSPS) is 11.1. The van der Waals surface area contributed by atoms with E-state index in [2.05, 4.69) is 15.4 Å². The molecule has 1 unspecified atom stereocenters. The number of amides is 2. The maximum Gasteiger partial charge on any atom is 0.337 e. The molecule has 3 aromatic carbocycles. The fourth-order valence-electron chi connectivity index (χ4n) is 3.52. The van der Waals surface area contributed by atoms with Crippen molar-refractivity contribution in [3.8, 4) is 5.75 Å². The van der Waals surface area contributed by atoms with E-state index in [4.69, 9.17) is 10.5 Å². The Hall–Kier alpha value is -4.28. The van der Waals surface area contributed by atoms with E-state index < -0.39 is 6.17 Å². The van der Waals surface area contributed by atoms with Gasteiger partial charge in [0, 0.05) is 37.4 Å². The topological polar surface area (TPSA) is 123 Å². The van der Waals surface area contributed by atoms with Gasteiger partial charge in [0.05, 0.1) is 12.7 Å². The summed E-state index contributed by atoms with van der Waals surface area (Å²) < 4.78 is 23.3. The first-order chi connectivity index (χ1) is 19.8. The minimum atomic E-state index is -0.792. The molecule has 41 heavy (non-hydrogen) atoms. The highest BCUT2D eigenvalue weighted by atomic mass is 19.1. The fraction of sp³-hybridized carbons (Fsp3) is 0.323. The van der Waals surface area contributed by atoms with Gasteiger partial charge < -0.3 is 35.5 Å². The zero-order valence-electron chi connectivity index (χ0n) is 23.8. The lowest BCUT2D eigenvalue weighted by molar-refractivity contribution is -0.107. The van der Waals surface area contributed by atoms with E-state index >= 15 is 0 Å². The number of likely N-dealkylation sites (N-methyl/N-ethyl adjacent to an activating group) is 1. The van der Waals surface area contributed by atoms with Crippen molar-refractivity contribution in [2.75, 3.05) is 44.5 Å². The molecule has 0 heterocycles. The minimum absolute atomic E-state index is 0.321. The number of esters is 1. The number of anilines is 2. The third-order valence-electron chi connectivity index (χ3n) is 5.95. The number of halogens is 1. The molecule has 0 aliphatic rings. The van der Waals surface area contributed by atoms with Crippen molar-refractivity contribution >= 4 is 29.7 Å². The molecule has 220 valence electrons. The van der Waals surface area contributed by atoms with Gasteiger partial charge in [-0.3, -0.25) is 0 Å². The van der Waals surface area contributed by atoms with Gasteiger partial charge in [-0.15, -0.1) is 0 Å². The average molecular weight is 567 g/mol. The molecule has 0 aliphatic carbocycles. The maximum absolute atomic E-state index is 13.2. The standard InChI is InChI=1S/C16H17N3O2.C15H22FNO3/c17-11-13-3-7-15(8-4-13)19-16(21)18-14-5-1-12(2-6-14)9-10-20;1-4-13(16)11-17(2)9-10-20-14-7-5-12(6-8-14)15(18)19-3/h1-8,10H,9,11,17H2,(H2,18,19,21);5-8,13H,4,9-11H2,1-3H3. The Kier molecular flexibility index (Phi) is 14.6. The third-order valence-corrected chi connectivity index (χ3v) is 5.95. The van der Waals surface area contributed by atoms with Crippen LogP contribution in [-0.2, 0) is 22.5 Å². The lowest BCUT2D eigenvalue weighted by Gasteiger charge is -2.18. The van der Waals surface area contributed by atoms with Crippen LogP contribution in [0.4, 0.5) is 20.6 Å². The maximum atomic E-state index is 13.2. The van der Waals surface area contributed by atoms with E-state index in [-0.39, 0.29) is 12.0 Å². The summed E-state index contributed by atoms with van der Waals surface area (Å²) in [4.78, 5) is 35.4. The second-order valence-corrected chi connectivity index (χ2v) is 9.18. The zero-order chi connectivity index (χ0) is 30.0. The lowest BCUT2D eigenvalue weighted by Crippen LogP contribution is -2.30. The average Bonchev–Trinajstić information content (AvgIpc) is 2.99. The van der Waals surface area contributed by atoms with Crippen molar-refractivity contribution in [2.24, 2.45) is 5.73 Å². The van der Waals surface area contributed by atoms with Gasteiger partial charge in [0.2, 0.25) is 0 Å². The molecule has 3 aromatic rings. The number of nitrogens with one attached hydrogen (secondary N) is 2. The van der Waals surface area contributed by atoms with Crippen molar-refractivity contribution in [2.45, 2.75) is 32.5 Å². The van der Waals surface area contributed by atoms with Gasteiger partial charge in [0.25, 0.3) is 0 Å². The summed E-state index contributed by atoms with van der Waals surface area (Å²) in [6, 6.07) is 20.9. The second-order valence-electron chi connectivity index (χ2n) is 9.18. The molecule has 4 N–H and O–H groups in total. The van der Waals surface area contributed by atoms with Gasteiger partial charge in [-0.1, -0.05) is 31.2 Å². The van der Waals surface area contributed by atoms with E-state index in [9.17, 15) is 18.8 Å².